The average Bonchev–Trinajstić information content (AvgIpc) is 2.66. The van der Waals surface area contributed by atoms with E-state index in [1.807, 2.05) is 20.8 Å². The molecule has 19 heavy (non-hydrogen) atoms. The molecule has 0 aromatic carbocycles. The molecular formula is C12H20F3N3O. The summed E-state index contributed by atoms with van der Waals surface area (Å²) in [5, 5.41) is 3.28. The minimum Gasteiger partial charge on any atom is -0.370 e. The first-order valence-corrected chi connectivity index (χ1v) is 6.07. The van der Waals surface area contributed by atoms with Crippen LogP contribution in [0.5, 0.6) is 0 Å². The lowest BCUT2D eigenvalue weighted by Gasteiger charge is -2.20. The van der Waals surface area contributed by atoms with Gasteiger partial charge < -0.3 is 14.6 Å². The molecule has 1 aromatic rings. The molecule has 1 N–H and O–H groups in total. The summed E-state index contributed by atoms with van der Waals surface area (Å²) in [6.45, 7) is 5.83. The van der Waals surface area contributed by atoms with Gasteiger partial charge in [0.25, 0.3) is 0 Å². The molecule has 4 nitrogen and oxygen atoms in total. The molecule has 0 amide bonds. The van der Waals surface area contributed by atoms with E-state index in [9.17, 15) is 13.2 Å². The molecule has 0 radical (unpaired) electrons. The van der Waals surface area contributed by atoms with Gasteiger partial charge in [-0.3, -0.25) is 0 Å². The third kappa shape index (κ3) is 7.17. The topological polar surface area (TPSA) is 39.1 Å². The molecule has 0 aliphatic heterocycles. The number of imidazole rings is 1. The first kappa shape index (κ1) is 16.0. The highest BCUT2D eigenvalue weighted by molar-refractivity contribution is 4.93. The summed E-state index contributed by atoms with van der Waals surface area (Å²) in [6, 6.07) is 0. The van der Waals surface area contributed by atoms with E-state index in [1.54, 1.807) is 17.0 Å². The van der Waals surface area contributed by atoms with E-state index >= 15 is 0 Å². The smallest absolute Gasteiger partial charge is 0.370 e. The summed E-state index contributed by atoms with van der Waals surface area (Å²) in [4.78, 5) is 4.17. The van der Waals surface area contributed by atoms with Crippen LogP contribution in [-0.4, -0.2) is 34.5 Å². The lowest BCUT2D eigenvalue weighted by Crippen LogP contribution is -2.36. The van der Waals surface area contributed by atoms with Crippen LogP contribution < -0.4 is 5.32 Å². The monoisotopic (exact) mass is 279 g/mol. The second-order valence-electron chi connectivity index (χ2n) is 5.31. The SMILES string of the molecule is CC(C)(C)NCc1nccn1CCOCC(F)(F)F. The van der Waals surface area contributed by atoms with Gasteiger partial charge in [-0.2, -0.15) is 13.2 Å². The summed E-state index contributed by atoms with van der Waals surface area (Å²) in [7, 11) is 0. The maximum Gasteiger partial charge on any atom is 0.411 e. The van der Waals surface area contributed by atoms with Crippen LogP contribution in [0.3, 0.4) is 0 Å². The minimum absolute atomic E-state index is 0.0123. The van der Waals surface area contributed by atoms with Crippen molar-refractivity contribution in [2.45, 2.75) is 45.6 Å². The van der Waals surface area contributed by atoms with Crippen LogP contribution in [-0.2, 0) is 17.8 Å². The van der Waals surface area contributed by atoms with Gasteiger partial charge in [0.1, 0.15) is 12.4 Å². The van der Waals surface area contributed by atoms with Crippen LogP contribution >= 0.6 is 0 Å². The van der Waals surface area contributed by atoms with E-state index in [1.165, 1.54) is 0 Å². The predicted octanol–water partition coefficient (Wildman–Crippen LogP) is 2.35. The predicted molar refractivity (Wildman–Crippen MR) is 65.7 cm³/mol. The van der Waals surface area contributed by atoms with Crippen molar-refractivity contribution in [1.29, 1.82) is 0 Å². The number of ether oxygens (including phenoxy) is 1. The van der Waals surface area contributed by atoms with E-state index < -0.39 is 12.8 Å². The highest BCUT2D eigenvalue weighted by Gasteiger charge is 2.27. The molecule has 0 saturated heterocycles. The third-order valence-electron chi connectivity index (χ3n) is 2.32. The highest BCUT2D eigenvalue weighted by atomic mass is 19.4. The molecule has 0 aliphatic carbocycles. The van der Waals surface area contributed by atoms with Crippen molar-refractivity contribution in [2.75, 3.05) is 13.2 Å². The summed E-state index contributed by atoms with van der Waals surface area (Å²) in [5.41, 5.74) is -0.0381. The standard InChI is InChI=1S/C12H20F3N3O/c1-11(2,3)17-8-10-16-4-5-18(10)6-7-19-9-12(13,14)15/h4-5,17H,6-9H2,1-3H3. The Morgan fingerprint density at radius 1 is 1.32 bits per heavy atom. The van der Waals surface area contributed by atoms with E-state index in [4.69, 9.17) is 0 Å². The summed E-state index contributed by atoms with van der Waals surface area (Å²) in [5.74, 6) is 0.783. The molecule has 1 rings (SSSR count). The van der Waals surface area contributed by atoms with Gasteiger partial charge >= 0.3 is 6.18 Å². The van der Waals surface area contributed by atoms with Crippen molar-refractivity contribution in [2.24, 2.45) is 0 Å². The second kappa shape index (κ2) is 6.38. The van der Waals surface area contributed by atoms with Crippen molar-refractivity contribution in [3.8, 4) is 0 Å². The molecule has 0 aliphatic rings. The molecule has 0 unspecified atom stereocenters. The van der Waals surface area contributed by atoms with Crippen LogP contribution in [0.25, 0.3) is 0 Å². The quantitative estimate of drug-likeness (QED) is 0.812. The fourth-order valence-corrected chi connectivity index (χ4v) is 1.41. The Kier molecular flexibility index (Phi) is 5.37. The van der Waals surface area contributed by atoms with Crippen LogP contribution in [0.4, 0.5) is 13.2 Å². The van der Waals surface area contributed by atoms with Crippen LogP contribution in [0.15, 0.2) is 12.4 Å². The third-order valence-corrected chi connectivity index (χ3v) is 2.32. The van der Waals surface area contributed by atoms with Crippen molar-refractivity contribution in [3.63, 3.8) is 0 Å². The molecule has 7 heteroatoms. The van der Waals surface area contributed by atoms with Gasteiger partial charge in [-0.05, 0) is 20.8 Å². The fraction of sp³-hybridized carbons (Fsp3) is 0.750. The van der Waals surface area contributed by atoms with Crippen LogP contribution in [0.2, 0.25) is 0 Å². The Morgan fingerprint density at radius 2 is 2.00 bits per heavy atom. The van der Waals surface area contributed by atoms with Gasteiger partial charge in [0.05, 0.1) is 13.2 Å². The van der Waals surface area contributed by atoms with Gasteiger partial charge in [-0.15, -0.1) is 0 Å². The van der Waals surface area contributed by atoms with E-state index in [0.717, 1.165) is 5.82 Å². The van der Waals surface area contributed by atoms with Gasteiger partial charge in [-0.25, -0.2) is 4.98 Å². The van der Waals surface area contributed by atoms with Crippen molar-refractivity contribution in [1.82, 2.24) is 14.9 Å². The zero-order valence-electron chi connectivity index (χ0n) is 11.4. The van der Waals surface area contributed by atoms with Gasteiger partial charge in [0, 0.05) is 24.5 Å². The van der Waals surface area contributed by atoms with E-state index in [2.05, 4.69) is 15.0 Å². The minimum atomic E-state index is -4.27. The summed E-state index contributed by atoms with van der Waals surface area (Å²) in [6.07, 6.45) is -0.911. The zero-order chi connectivity index (χ0) is 14.5. The summed E-state index contributed by atoms with van der Waals surface area (Å²) < 4.78 is 42.1. The number of nitrogens with one attached hydrogen (secondary N) is 1. The molecule has 0 atom stereocenters. The molecule has 0 fully saturated rings. The molecule has 0 saturated carbocycles. The largest absolute Gasteiger partial charge is 0.411 e. The van der Waals surface area contributed by atoms with Gasteiger partial charge in [0.2, 0.25) is 0 Å². The Morgan fingerprint density at radius 3 is 2.58 bits per heavy atom. The fourth-order valence-electron chi connectivity index (χ4n) is 1.41. The van der Waals surface area contributed by atoms with Gasteiger partial charge in [0.15, 0.2) is 0 Å². The zero-order valence-corrected chi connectivity index (χ0v) is 11.4. The number of alkyl halides is 3. The number of hydrogen-bond acceptors (Lipinski definition) is 3. The Balaban J connectivity index is 2.37. The van der Waals surface area contributed by atoms with Crippen molar-refractivity contribution >= 4 is 0 Å². The Labute approximate surface area is 111 Å². The Bertz CT molecular complexity index is 382. The van der Waals surface area contributed by atoms with E-state index in [-0.39, 0.29) is 12.1 Å². The van der Waals surface area contributed by atoms with Gasteiger partial charge in [-0.1, -0.05) is 0 Å². The first-order chi connectivity index (χ1) is 8.67. The average molecular weight is 279 g/mol. The Hall–Kier alpha value is -1.08. The van der Waals surface area contributed by atoms with Crippen molar-refractivity contribution in [3.05, 3.63) is 18.2 Å². The lowest BCUT2D eigenvalue weighted by atomic mass is 10.1. The molecule has 0 spiro atoms. The first-order valence-electron chi connectivity index (χ1n) is 6.07. The molecule has 1 aromatic heterocycles. The number of hydrogen-bond donors (Lipinski definition) is 1. The summed E-state index contributed by atoms with van der Waals surface area (Å²) >= 11 is 0. The van der Waals surface area contributed by atoms with Crippen molar-refractivity contribution < 1.29 is 17.9 Å². The van der Waals surface area contributed by atoms with Crippen LogP contribution in [0, 0.1) is 0 Å². The highest BCUT2D eigenvalue weighted by Crippen LogP contribution is 2.14. The molecular weight excluding hydrogens is 259 g/mol. The molecule has 1 heterocycles. The number of rotatable bonds is 6. The number of halogens is 3. The number of nitrogens with zero attached hydrogens (tertiary/aromatic N) is 2. The second-order valence-corrected chi connectivity index (χ2v) is 5.31. The maximum absolute atomic E-state index is 11.9. The van der Waals surface area contributed by atoms with E-state index in [0.29, 0.717) is 13.1 Å². The normalized spacial score (nSPS) is 12.9. The molecule has 110 valence electrons. The number of aromatic nitrogens is 2. The lowest BCUT2D eigenvalue weighted by molar-refractivity contribution is -0.174. The maximum atomic E-state index is 11.9. The molecule has 0 bridgehead atoms. The van der Waals surface area contributed by atoms with Crippen LogP contribution in [0.1, 0.15) is 26.6 Å².